The van der Waals surface area contributed by atoms with Crippen LogP contribution in [0.5, 0.6) is 0 Å². The first-order valence-corrected chi connectivity index (χ1v) is 6.30. The first-order chi connectivity index (χ1) is 9.04. The number of carbonyl (C=O) groups is 2. The van der Waals surface area contributed by atoms with E-state index in [1.165, 1.54) is 7.11 Å². The van der Waals surface area contributed by atoms with Gasteiger partial charge in [0.05, 0.1) is 18.4 Å². The molecule has 5 nitrogen and oxygen atoms in total. The summed E-state index contributed by atoms with van der Waals surface area (Å²) in [6.07, 6.45) is 3.10. The highest BCUT2D eigenvalue weighted by atomic mass is 16.5. The summed E-state index contributed by atoms with van der Waals surface area (Å²) in [7, 11) is 1.31. The molecule has 1 amide bonds. The molecule has 0 heterocycles. The van der Waals surface area contributed by atoms with Crippen LogP contribution in [0.4, 0.5) is 5.69 Å². The Morgan fingerprint density at radius 3 is 2.63 bits per heavy atom. The fraction of sp³-hybridized carbons (Fsp3) is 0.429. The van der Waals surface area contributed by atoms with E-state index in [1.54, 1.807) is 24.3 Å². The molecule has 2 rings (SSSR count). The van der Waals surface area contributed by atoms with Gasteiger partial charge >= 0.3 is 5.97 Å². The monoisotopic (exact) mass is 262 g/mol. The van der Waals surface area contributed by atoms with E-state index in [4.69, 9.17) is 5.73 Å². The van der Waals surface area contributed by atoms with Crippen LogP contribution in [0.3, 0.4) is 0 Å². The number of rotatable bonds is 4. The number of methoxy groups -OCH3 is 1. The predicted molar refractivity (Wildman–Crippen MR) is 71.8 cm³/mol. The number of nitrogens with two attached hydrogens (primary N) is 1. The number of carbonyl (C=O) groups excluding carboxylic acids is 2. The molecule has 1 saturated carbocycles. The Bertz CT molecular complexity index is 495. The fourth-order valence-corrected chi connectivity index (χ4v) is 2.20. The van der Waals surface area contributed by atoms with Crippen LogP contribution < -0.4 is 11.1 Å². The first-order valence-electron chi connectivity index (χ1n) is 6.30. The van der Waals surface area contributed by atoms with Crippen molar-refractivity contribution in [3.63, 3.8) is 0 Å². The maximum Gasteiger partial charge on any atom is 0.339 e. The smallest absolute Gasteiger partial charge is 0.339 e. The van der Waals surface area contributed by atoms with Crippen LogP contribution in [-0.4, -0.2) is 24.5 Å². The molecule has 19 heavy (non-hydrogen) atoms. The lowest BCUT2D eigenvalue weighted by molar-refractivity contribution is -0.118. The summed E-state index contributed by atoms with van der Waals surface area (Å²) in [5, 5.41) is 2.73. The number of nitrogens with one attached hydrogen (secondary N) is 1. The Labute approximate surface area is 112 Å². The summed E-state index contributed by atoms with van der Waals surface area (Å²) in [5.41, 5.74) is 6.46. The van der Waals surface area contributed by atoms with Gasteiger partial charge in [-0.15, -0.1) is 0 Å². The van der Waals surface area contributed by atoms with Crippen LogP contribution in [0.15, 0.2) is 24.3 Å². The van der Waals surface area contributed by atoms with Gasteiger partial charge in [-0.2, -0.15) is 0 Å². The fourth-order valence-electron chi connectivity index (χ4n) is 2.20. The summed E-state index contributed by atoms with van der Waals surface area (Å²) >= 11 is 0. The quantitative estimate of drug-likeness (QED) is 0.809. The molecule has 0 aromatic heterocycles. The highest BCUT2D eigenvalue weighted by molar-refractivity contribution is 6.01. The maximum absolute atomic E-state index is 11.9. The van der Waals surface area contributed by atoms with E-state index in [1.807, 2.05) is 0 Å². The normalized spacial score (nSPS) is 16.3. The van der Waals surface area contributed by atoms with Crippen molar-refractivity contribution in [3.05, 3.63) is 29.8 Å². The molecule has 0 atom stereocenters. The minimum Gasteiger partial charge on any atom is -0.465 e. The van der Waals surface area contributed by atoms with Gasteiger partial charge in [-0.25, -0.2) is 4.79 Å². The molecule has 1 aliphatic carbocycles. The van der Waals surface area contributed by atoms with Gasteiger partial charge in [-0.1, -0.05) is 12.1 Å². The lowest BCUT2D eigenvalue weighted by Crippen LogP contribution is -2.49. The van der Waals surface area contributed by atoms with Gasteiger partial charge in [-0.05, 0) is 31.4 Å². The molecule has 1 aliphatic rings. The number of hydrogen-bond acceptors (Lipinski definition) is 4. The van der Waals surface area contributed by atoms with Crippen molar-refractivity contribution in [2.24, 2.45) is 5.73 Å². The maximum atomic E-state index is 11.9. The second-order valence-electron chi connectivity index (χ2n) is 4.98. The number of esters is 1. The standard InChI is InChI=1S/C14H18N2O3/c1-19-13(18)10-5-2-3-6-11(10)16-12(17)9-14(15)7-4-8-14/h2-3,5-6H,4,7-9,15H2,1H3,(H,16,17). The molecule has 5 heteroatoms. The topological polar surface area (TPSA) is 81.4 Å². The summed E-state index contributed by atoms with van der Waals surface area (Å²) in [6.45, 7) is 0. The molecular formula is C14H18N2O3. The SMILES string of the molecule is COC(=O)c1ccccc1NC(=O)CC1(N)CCC1. The number of ether oxygens (including phenoxy) is 1. The van der Waals surface area contributed by atoms with Gasteiger partial charge in [0.1, 0.15) is 0 Å². The van der Waals surface area contributed by atoms with E-state index >= 15 is 0 Å². The van der Waals surface area contributed by atoms with E-state index in [-0.39, 0.29) is 17.9 Å². The predicted octanol–water partition coefficient (Wildman–Crippen LogP) is 1.68. The number of para-hydroxylation sites is 1. The molecule has 1 aromatic carbocycles. The average Bonchev–Trinajstić information content (AvgIpc) is 2.36. The Balaban J connectivity index is 2.06. The number of anilines is 1. The Morgan fingerprint density at radius 2 is 2.05 bits per heavy atom. The van der Waals surface area contributed by atoms with Crippen LogP contribution in [0, 0.1) is 0 Å². The van der Waals surface area contributed by atoms with Gasteiger partial charge in [0.25, 0.3) is 0 Å². The van der Waals surface area contributed by atoms with E-state index in [0.29, 0.717) is 11.3 Å². The van der Waals surface area contributed by atoms with Gasteiger partial charge in [0, 0.05) is 12.0 Å². The molecule has 102 valence electrons. The third kappa shape index (κ3) is 3.12. The molecule has 3 N–H and O–H groups in total. The van der Waals surface area contributed by atoms with E-state index in [2.05, 4.69) is 10.1 Å². The van der Waals surface area contributed by atoms with Crippen LogP contribution in [-0.2, 0) is 9.53 Å². The second kappa shape index (κ2) is 5.40. The van der Waals surface area contributed by atoms with Crippen molar-refractivity contribution in [2.45, 2.75) is 31.2 Å². The molecule has 1 fully saturated rings. The van der Waals surface area contributed by atoms with Gasteiger partial charge < -0.3 is 15.8 Å². The number of amides is 1. The Hall–Kier alpha value is -1.88. The summed E-state index contributed by atoms with van der Waals surface area (Å²) < 4.78 is 4.68. The van der Waals surface area contributed by atoms with Crippen LogP contribution in [0.1, 0.15) is 36.0 Å². The zero-order valence-corrected chi connectivity index (χ0v) is 10.9. The zero-order chi connectivity index (χ0) is 13.9. The van der Waals surface area contributed by atoms with Crippen molar-refractivity contribution in [2.75, 3.05) is 12.4 Å². The third-order valence-corrected chi connectivity index (χ3v) is 3.47. The largest absolute Gasteiger partial charge is 0.465 e. The lowest BCUT2D eigenvalue weighted by Gasteiger charge is -2.37. The second-order valence-corrected chi connectivity index (χ2v) is 4.98. The van der Waals surface area contributed by atoms with Crippen molar-refractivity contribution in [1.29, 1.82) is 0 Å². The van der Waals surface area contributed by atoms with E-state index in [9.17, 15) is 9.59 Å². The van der Waals surface area contributed by atoms with Crippen molar-refractivity contribution < 1.29 is 14.3 Å². The van der Waals surface area contributed by atoms with Crippen LogP contribution >= 0.6 is 0 Å². The average molecular weight is 262 g/mol. The summed E-state index contributed by atoms with van der Waals surface area (Å²) in [6, 6.07) is 6.76. The first kappa shape index (κ1) is 13.5. The molecule has 0 spiro atoms. The molecule has 0 saturated heterocycles. The third-order valence-electron chi connectivity index (χ3n) is 3.47. The zero-order valence-electron chi connectivity index (χ0n) is 10.9. The number of hydrogen-bond donors (Lipinski definition) is 2. The summed E-state index contributed by atoms with van der Waals surface area (Å²) in [5.74, 6) is -0.638. The molecule has 1 aromatic rings. The van der Waals surface area contributed by atoms with Crippen molar-refractivity contribution in [1.82, 2.24) is 0 Å². The van der Waals surface area contributed by atoms with Crippen molar-refractivity contribution in [3.8, 4) is 0 Å². The lowest BCUT2D eigenvalue weighted by atomic mass is 9.75. The van der Waals surface area contributed by atoms with E-state index in [0.717, 1.165) is 19.3 Å². The van der Waals surface area contributed by atoms with Crippen molar-refractivity contribution >= 4 is 17.6 Å². The highest BCUT2D eigenvalue weighted by Gasteiger charge is 2.34. The Morgan fingerprint density at radius 1 is 1.37 bits per heavy atom. The Kier molecular flexibility index (Phi) is 3.85. The summed E-state index contributed by atoms with van der Waals surface area (Å²) in [4.78, 5) is 23.5. The van der Waals surface area contributed by atoms with E-state index < -0.39 is 5.97 Å². The molecule has 0 aliphatic heterocycles. The molecule has 0 bridgehead atoms. The number of benzene rings is 1. The minimum absolute atomic E-state index is 0.168. The highest BCUT2D eigenvalue weighted by Crippen LogP contribution is 2.32. The molecular weight excluding hydrogens is 244 g/mol. The minimum atomic E-state index is -0.470. The van der Waals surface area contributed by atoms with Gasteiger partial charge in [-0.3, -0.25) is 4.79 Å². The van der Waals surface area contributed by atoms with Gasteiger partial charge in [0.15, 0.2) is 0 Å². The molecule has 0 radical (unpaired) electrons. The molecule has 0 unspecified atom stereocenters. The van der Waals surface area contributed by atoms with Crippen LogP contribution in [0.2, 0.25) is 0 Å². The van der Waals surface area contributed by atoms with Crippen LogP contribution in [0.25, 0.3) is 0 Å². The van der Waals surface area contributed by atoms with Gasteiger partial charge in [0.2, 0.25) is 5.91 Å².